The van der Waals surface area contributed by atoms with Crippen LogP contribution >= 0.6 is 0 Å². The van der Waals surface area contributed by atoms with E-state index in [1.165, 1.54) is 32.0 Å². The molecular formula is C18H16N2O8. The Kier molecular flexibility index (Phi) is 6.38. The SMILES string of the molecule is CC(=O)c1cc(OCCOc2ccccc2[N+](=O)[O-])c([N+](=O)[O-])cc1C(C)=O. The van der Waals surface area contributed by atoms with E-state index in [9.17, 15) is 29.8 Å². The molecule has 0 aliphatic carbocycles. The second-order valence-electron chi connectivity index (χ2n) is 5.66. The second kappa shape index (κ2) is 8.71. The van der Waals surface area contributed by atoms with E-state index in [0.29, 0.717) is 0 Å². The van der Waals surface area contributed by atoms with Crippen LogP contribution in [0.2, 0.25) is 0 Å². The number of para-hydroxylation sites is 2. The van der Waals surface area contributed by atoms with Crippen LogP contribution < -0.4 is 9.47 Å². The van der Waals surface area contributed by atoms with E-state index in [-0.39, 0.29) is 41.5 Å². The van der Waals surface area contributed by atoms with Crippen molar-refractivity contribution in [2.45, 2.75) is 13.8 Å². The highest BCUT2D eigenvalue weighted by atomic mass is 16.6. The van der Waals surface area contributed by atoms with Crippen molar-refractivity contribution in [3.8, 4) is 11.5 Å². The minimum atomic E-state index is -0.728. The topological polar surface area (TPSA) is 139 Å². The number of nitro groups is 2. The molecule has 146 valence electrons. The van der Waals surface area contributed by atoms with Crippen LogP contribution in [0, 0.1) is 20.2 Å². The van der Waals surface area contributed by atoms with Crippen LogP contribution in [0.4, 0.5) is 11.4 Å². The van der Waals surface area contributed by atoms with Crippen LogP contribution in [0.25, 0.3) is 0 Å². The molecule has 0 heterocycles. The standard InChI is InChI=1S/C18H16N2O8/c1-11(21)13-9-16(20(25)26)18(10-14(13)12(2)22)28-8-7-27-17-6-4-3-5-15(17)19(23)24/h3-6,9-10H,7-8H2,1-2H3. The summed E-state index contributed by atoms with van der Waals surface area (Å²) in [6.45, 7) is 2.12. The van der Waals surface area contributed by atoms with Gasteiger partial charge in [0.1, 0.15) is 13.2 Å². The fourth-order valence-corrected chi connectivity index (χ4v) is 2.44. The molecule has 2 aromatic carbocycles. The summed E-state index contributed by atoms with van der Waals surface area (Å²) in [4.78, 5) is 44.3. The number of carbonyl (C=O) groups excluding carboxylic acids is 2. The molecule has 28 heavy (non-hydrogen) atoms. The number of rotatable bonds is 9. The van der Waals surface area contributed by atoms with E-state index in [2.05, 4.69) is 0 Å². The maximum Gasteiger partial charge on any atom is 0.311 e. The highest BCUT2D eigenvalue weighted by molar-refractivity contribution is 6.08. The Hall–Kier alpha value is -3.82. The number of Topliss-reactive ketones (excluding diaryl/α,β-unsaturated/α-hetero) is 2. The highest BCUT2D eigenvalue weighted by Crippen LogP contribution is 2.31. The Bertz CT molecular complexity index is 955. The Morgan fingerprint density at radius 2 is 1.32 bits per heavy atom. The average molecular weight is 388 g/mol. The summed E-state index contributed by atoms with van der Waals surface area (Å²) in [5.41, 5.74) is -0.755. The summed E-state index contributed by atoms with van der Waals surface area (Å²) in [6, 6.07) is 7.88. The number of hydrogen-bond donors (Lipinski definition) is 0. The number of nitro benzene ring substituents is 2. The van der Waals surface area contributed by atoms with E-state index in [0.717, 1.165) is 12.1 Å². The molecule has 2 aromatic rings. The number of ketones is 2. The van der Waals surface area contributed by atoms with E-state index >= 15 is 0 Å². The molecule has 10 heteroatoms. The minimum Gasteiger partial charge on any atom is -0.483 e. The first-order valence-electron chi connectivity index (χ1n) is 8.05. The van der Waals surface area contributed by atoms with Gasteiger partial charge >= 0.3 is 11.4 Å². The molecule has 0 unspecified atom stereocenters. The fourth-order valence-electron chi connectivity index (χ4n) is 2.44. The van der Waals surface area contributed by atoms with Crippen molar-refractivity contribution in [2.75, 3.05) is 13.2 Å². The smallest absolute Gasteiger partial charge is 0.311 e. The van der Waals surface area contributed by atoms with Gasteiger partial charge in [-0.25, -0.2) is 0 Å². The largest absolute Gasteiger partial charge is 0.483 e. The van der Waals surface area contributed by atoms with Crippen LogP contribution in [0.5, 0.6) is 11.5 Å². The lowest BCUT2D eigenvalue weighted by Crippen LogP contribution is -2.12. The van der Waals surface area contributed by atoms with Gasteiger partial charge in [0.05, 0.1) is 9.85 Å². The van der Waals surface area contributed by atoms with Gasteiger partial charge in [0, 0.05) is 23.3 Å². The molecule has 0 spiro atoms. The normalized spacial score (nSPS) is 10.2. The highest BCUT2D eigenvalue weighted by Gasteiger charge is 2.23. The van der Waals surface area contributed by atoms with Gasteiger partial charge in [-0.2, -0.15) is 0 Å². The van der Waals surface area contributed by atoms with Crippen LogP contribution in [0.3, 0.4) is 0 Å². The summed E-state index contributed by atoms with van der Waals surface area (Å²) >= 11 is 0. The molecule has 10 nitrogen and oxygen atoms in total. The molecule has 0 aliphatic rings. The van der Waals surface area contributed by atoms with Crippen molar-refractivity contribution in [2.24, 2.45) is 0 Å². The van der Waals surface area contributed by atoms with Gasteiger partial charge in [0.25, 0.3) is 0 Å². The molecule has 0 aliphatic heterocycles. The molecule has 0 radical (unpaired) electrons. The molecule has 0 bridgehead atoms. The molecule has 0 atom stereocenters. The third kappa shape index (κ3) is 4.67. The number of benzene rings is 2. The van der Waals surface area contributed by atoms with Gasteiger partial charge in [-0.15, -0.1) is 0 Å². The van der Waals surface area contributed by atoms with Crippen molar-refractivity contribution >= 4 is 22.9 Å². The van der Waals surface area contributed by atoms with Crippen LogP contribution in [0.15, 0.2) is 36.4 Å². The summed E-state index contributed by atoms with van der Waals surface area (Å²) in [6.07, 6.45) is 0. The lowest BCUT2D eigenvalue weighted by atomic mass is 10.00. The fraction of sp³-hybridized carbons (Fsp3) is 0.222. The van der Waals surface area contributed by atoms with E-state index in [1.807, 2.05) is 0 Å². The average Bonchev–Trinajstić information content (AvgIpc) is 2.64. The van der Waals surface area contributed by atoms with Gasteiger partial charge in [0.15, 0.2) is 23.1 Å². The Balaban J connectivity index is 2.19. The lowest BCUT2D eigenvalue weighted by molar-refractivity contribution is -0.386. The summed E-state index contributed by atoms with van der Waals surface area (Å²) in [7, 11) is 0. The second-order valence-corrected chi connectivity index (χ2v) is 5.66. The van der Waals surface area contributed by atoms with Crippen LogP contribution in [-0.4, -0.2) is 34.6 Å². The van der Waals surface area contributed by atoms with Gasteiger partial charge in [-0.05, 0) is 26.0 Å². The number of ether oxygens (including phenoxy) is 2. The summed E-state index contributed by atoms with van der Waals surface area (Å²) in [5.74, 6) is -1.10. The zero-order valence-corrected chi connectivity index (χ0v) is 15.0. The number of hydrogen-bond acceptors (Lipinski definition) is 8. The van der Waals surface area contributed by atoms with Gasteiger partial charge in [-0.3, -0.25) is 29.8 Å². The van der Waals surface area contributed by atoms with E-state index in [1.54, 1.807) is 6.07 Å². The van der Waals surface area contributed by atoms with E-state index in [4.69, 9.17) is 9.47 Å². The predicted octanol–water partition coefficient (Wildman–Crippen LogP) is 3.37. The molecular weight excluding hydrogens is 372 g/mol. The maximum absolute atomic E-state index is 11.8. The van der Waals surface area contributed by atoms with Crippen molar-refractivity contribution in [3.63, 3.8) is 0 Å². The summed E-state index contributed by atoms with van der Waals surface area (Å²) < 4.78 is 10.6. The molecule has 0 amide bonds. The first kappa shape index (κ1) is 20.5. The monoisotopic (exact) mass is 388 g/mol. The molecule has 0 saturated carbocycles. The Morgan fingerprint density at radius 3 is 1.86 bits per heavy atom. The van der Waals surface area contributed by atoms with E-state index < -0.39 is 27.1 Å². The minimum absolute atomic E-state index is 0.00714. The van der Waals surface area contributed by atoms with Crippen LogP contribution in [-0.2, 0) is 0 Å². The Labute approximate surface area is 159 Å². The third-order valence-electron chi connectivity index (χ3n) is 3.71. The molecule has 0 fully saturated rings. The molecule has 2 rings (SSSR count). The number of nitrogens with zero attached hydrogens (tertiary/aromatic N) is 2. The van der Waals surface area contributed by atoms with Gasteiger partial charge in [-0.1, -0.05) is 12.1 Å². The first-order chi connectivity index (χ1) is 13.2. The molecule has 0 N–H and O–H groups in total. The molecule has 0 aromatic heterocycles. The van der Waals surface area contributed by atoms with Gasteiger partial charge in [0.2, 0.25) is 0 Å². The van der Waals surface area contributed by atoms with Crippen LogP contribution in [0.1, 0.15) is 34.6 Å². The quantitative estimate of drug-likeness (QED) is 0.276. The lowest BCUT2D eigenvalue weighted by Gasteiger charge is -2.11. The zero-order chi connectivity index (χ0) is 20.8. The number of carbonyl (C=O) groups is 2. The van der Waals surface area contributed by atoms with Crippen molar-refractivity contribution < 1.29 is 28.9 Å². The first-order valence-corrected chi connectivity index (χ1v) is 8.05. The van der Waals surface area contributed by atoms with Crippen molar-refractivity contribution in [1.29, 1.82) is 0 Å². The molecule has 0 saturated heterocycles. The predicted molar refractivity (Wildman–Crippen MR) is 97.2 cm³/mol. The van der Waals surface area contributed by atoms with Gasteiger partial charge < -0.3 is 9.47 Å². The third-order valence-corrected chi connectivity index (χ3v) is 3.71. The maximum atomic E-state index is 11.8. The zero-order valence-electron chi connectivity index (χ0n) is 15.0. The van der Waals surface area contributed by atoms with Crippen molar-refractivity contribution in [1.82, 2.24) is 0 Å². The Morgan fingerprint density at radius 1 is 0.821 bits per heavy atom. The van der Waals surface area contributed by atoms with Crippen molar-refractivity contribution in [3.05, 3.63) is 67.8 Å². The summed E-state index contributed by atoms with van der Waals surface area (Å²) in [5, 5.41) is 22.2.